The van der Waals surface area contributed by atoms with Gasteiger partial charge in [-0.1, -0.05) is 0 Å². The molecular formula is C41H34N10O11. The van der Waals surface area contributed by atoms with E-state index in [2.05, 4.69) is 51.6 Å². The Morgan fingerprint density at radius 3 is 2.05 bits per heavy atom. The number of carbonyl (C=O) groups excluding carboxylic acids is 4. The van der Waals surface area contributed by atoms with Crippen molar-refractivity contribution in [3.05, 3.63) is 119 Å². The fraction of sp³-hybridized carbons (Fsp3) is 0.0976. The number of amides is 4. The second kappa shape index (κ2) is 17.5. The third kappa shape index (κ3) is 8.70. The van der Waals surface area contributed by atoms with E-state index in [1.807, 2.05) is 0 Å². The van der Waals surface area contributed by atoms with Crippen molar-refractivity contribution in [3.63, 3.8) is 0 Å². The van der Waals surface area contributed by atoms with Crippen molar-refractivity contribution < 1.29 is 53.9 Å². The molecule has 0 aliphatic rings. The number of phenolic OH excluding ortho intramolecular Hbond substituents is 2. The van der Waals surface area contributed by atoms with Crippen molar-refractivity contribution in [2.45, 2.75) is 12.5 Å². The molecule has 0 aliphatic carbocycles. The zero-order valence-electron chi connectivity index (χ0n) is 32.4. The quantitative estimate of drug-likeness (QED) is 0.0738. The molecule has 3 aromatic heterocycles. The van der Waals surface area contributed by atoms with Crippen LogP contribution in [0, 0.1) is 0 Å². The summed E-state index contributed by atoms with van der Waals surface area (Å²) in [6.07, 6.45) is 2.59. The average Bonchev–Trinajstić information content (AvgIpc) is 3.94. The maximum Gasteiger partial charge on any atom is 0.339 e. The first kappa shape index (κ1) is 41.2. The number of aromatic amines is 2. The van der Waals surface area contributed by atoms with Crippen molar-refractivity contribution >= 4 is 57.7 Å². The third-order valence-electron chi connectivity index (χ3n) is 9.29. The molecule has 0 saturated carbocycles. The minimum atomic E-state index is -1.42. The fourth-order valence-electron chi connectivity index (χ4n) is 6.21. The molecule has 0 bridgehead atoms. The Labute approximate surface area is 348 Å². The molecule has 7 aromatic rings. The lowest BCUT2D eigenvalue weighted by atomic mass is 10.1. The fourth-order valence-corrected chi connectivity index (χ4v) is 6.21. The zero-order chi connectivity index (χ0) is 44.1. The van der Waals surface area contributed by atoms with Crippen molar-refractivity contribution in [1.82, 2.24) is 35.7 Å². The van der Waals surface area contributed by atoms with Crippen LogP contribution >= 0.6 is 0 Å². The van der Waals surface area contributed by atoms with Gasteiger partial charge in [0.15, 0.2) is 23.0 Å². The second-order valence-electron chi connectivity index (χ2n) is 13.3. The Morgan fingerprint density at radius 2 is 1.42 bits per heavy atom. The zero-order valence-corrected chi connectivity index (χ0v) is 32.4. The van der Waals surface area contributed by atoms with Crippen LogP contribution in [-0.2, 0) is 11.2 Å². The number of nitrogens with one attached hydrogen (secondary N) is 6. The highest BCUT2D eigenvalue weighted by atomic mass is 16.5. The summed E-state index contributed by atoms with van der Waals surface area (Å²) in [5, 5.41) is 60.8. The lowest BCUT2D eigenvalue weighted by Gasteiger charge is -2.18. The predicted octanol–water partition coefficient (Wildman–Crippen LogP) is 4.06. The molecule has 4 amide bonds. The number of pyridine rings is 1. The van der Waals surface area contributed by atoms with Gasteiger partial charge in [0.2, 0.25) is 5.91 Å². The van der Waals surface area contributed by atoms with E-state index >= 15 is 0 Å². The SMILES string of the molecule is COc1c(NC(=O)c2ccc(NC(=O)c3ccc(NC(=O)[C@H](Cc4cn[nH]n4)NC(=O)c4ccc5nc(-c6ccc(O)cc6)[nH]c5c4)cn3)c(OC)c2O)ccc(C(=O)O)c1O. The Hall–Kier alpha value is -9.01. The maximum atomic E-state index is 13.6. The Kier molecular flexibility index (Phi) is 11.6. The number of hydrogen-bond donors (Lipinski definition) is 10. The molecule has 21 nitrogen and oxygen atoms in total. The number of anilines is 3. The lowest BCUT2D eigenvalue weighted by Crippen LogP contribution is -2.45. The number of fused-ring (bicyclic) bond motifs is 1. The number of methoxy groups -OCH3 is 2. The number of aromatic nitrogens is 6. The van der Waals surface area contributed by atoms with Crippen molar-refractivity contribution in [2.75, 3.05) is 30.2 Å². The topological polar surface area (TPSA) is 316 Å². The highest BCUT2D eigenvalue weighted by Crippen LogP contribution is 2.40. The summed E-state index contributed by atoms with van der Waals surface area (Å²) in [7, 11) is 2.36. The number of H-pyrrole nitrogens is 2. The van der Waals surface area contributed by atoms with Crippen LogP contribution in [0.25, 0.3) is 22.4 Å². The van der Waals surface area contributed by atoms with E-state index in [0.717, 1.165) is 18.7 Å². The number of imidazole rings is 1. The van der Waals surface area contributed by atoms with E-state index in [4.69, 9.17) is 9.47 Å². The number of benzene rings is 4. The Bertz CT molecular complexity index is 2850. The smallest absolute Gasteiger partial charge is 0.339 e. The minimum Gasteiger partial charge on any atom is -0.508 e. The highest BCUT2D eigenvalue weighted by molar-refractivity contribution is 6.10. The Balaban J connectivity index is 1.02. The molecule has 0 radical (unpaired) electrons. The largest absolute Gasteiger partial charge is 0.508 e. The number of carboxylic acids is 1. The summed E-state index contributed by atoms with van der Waals surface area (Å²) in [5.74, 6) is -5.61. The predicted molar refractivity (Wildman–Crippen MR) is 220 cm³/mol. The van der Waals surface area contributed by atoms with E-state index in [1.54, 1.807) is 30.3 Å². The minimum absolute atomic E-state index is 0.0356. The first-order valence-electron chi connectivity index (χ1n) is 18.2. The molecule has 0 aliphatic heterocycles. The molecule has 7 rings (SSSR count). The molecule has 62 heavy (non-hydrogen) atoms. The van der Waals surface area contributed by atoms with E-state index in [1.165, 1.54) is 62.0 Å². The second-order valence-corrected chi connectivity index (χ2v) is 13.3. The molecule has 0 saturated heterocycles. The third-order valence-corrected chi connectivity index (χ3v) is 9.29. The van der Waals surface area contributed by atoms with E-state index in [9.17, 15) is 44.4 Å². The monoisotopic (exact) mass is 842 g/mol. The normalized spacial score (nSPS) is 11.3. The number of aromatic carboxylic acids is 1. The van der Waals surface area contributed by atoms with Crippen LogP contribution < -0.4 is 30.7 Å². The van der Waals surface area contributed by atoms with Gasteiger partial charge in [-0.05, 0) is 78.9 Å². The first-order chi connectivity index (χ1) is 29.8. The molecule has 21 heteroatoms. The van der Waals surface area contributed by atoms with E-state index < -0.39 is 52.7 Å². The summed E-state index contributed by atoms with van der Waals surface area (Å²) in [5.41, 5.74) is 1.68. The van der Waals surface area contributed by atoms with Crippen molar-refractivity contribution in [2.24, 2.45) is 0 Å². The lowest BCUT2D eigenvalue weighted by molar-refractivity contribution is -0.118. The van der Waals surface area contributed by atoms with Gasteiger partial charge in [0, 0.05) is 17.5 Å². The van der Waals surface area contributed by atoms with Gasteiger partial charge < -0.3 is 56.2 Å². The van der Waals surface area contributed by atoms with Gasteiger partial charge in [-0.2, -0.15) is 15.4 Å². The van der Waals surface area contributed by atoms with Gasteiger partial charge in [-0.15, -0.1) is 0 Å². The number of phenols is 3. The van der Waals surface area contributed by atoms with Gasteiger partial charge in [-0.25, -0.2) is 14.8 Å². The number of nitrogens with zero attached hydrogens (tertiary/aromatic N) is 4. The molecule has 314 valence electrons. The maximum absolute atomic E-state index is 13.6. The molecule has 0 spiro atoms. The molecular weight excluding hydrogens is 809 g/mol. The summed E-state index contributed by atoms with van der Waals surface area (Å²) in [4.78, 5) is 76.7. The van der Waals surface area contributed by atoms with Crippen molar-refractivity contribution in [3.8, 4) is 40.1 Å². The number of hydrogen-bond acceptors (Lipinski definition) is 14. The number of carboxylic acid groups (broad SMARTS) is 1. The summed E-state index contributed by atoms with van der Waals surface area (Å²) in [6, 6.07) is 17.6. The molecule has 1 atom stereocenters. The molecule has 10 N–H and O–H groups in total. The van der Waals surface area contributed by atoms with Crippen LogP contribution in [0.4, 0.5) is 17.1 Å². The summed E-state index contributed by atoms with van der Waals surface area (Å²) < 4.78 is 10.4. The summed E-state index contributed by atoms with van der Waals surface area (Å²) >= 11 is 0. The Morgan fingerprint density at radius 1 is 0.742 bits per heavy atom. The highest BCUT2D eigenvalue weighted by Gasteiger charge is 2.26. The molecule has 3 heterocycles. The van der Waals surface area contributed by atoms with Gasteiger partial charge >= 0.3 is 5.97 Å². The van der Waals surface area contributed by atoms with Crippen LogP contribution in [0.15, 0.2) is 91.3 Å². The first-order valence-corrected chi connectivity index (χ1v) is 18.2. The standard InChI is InChI=1S/C41H34N10O11/c1-61-34-28(13-9-24(32(34)53)38(56)47-27-14-10-25(41(59)60)33(54)35(27)62-2)48-39(57)29-12-6-21(17-42-29)44-40(58)31(16-22-18-43-51-50-22)49-37(55)20-5-11-26-30(15-20)46-36(45-26)19-3-7-23(52)8-4-19/h3-15,17-18,31,52-54H,16H2,1-2H3,(H,44,58)(H,45,46)(H,47,56)(H,48,57)(H,49,55)(H,59,60)(H,43,50,51)/t31-/m0/s1. The van der Waals surface area contributed by atoms with Crippen LogP contribution in [-0.4, -0.2) is 101 Å². The number of ether oxygens (including phenoxy) is 2. The number of aromatic hydroxyl groups is 3. The van der Waals surface area contributed by atoms with Crippen LogP contribution in [0.3, 0.4) is 0 Å². The van der Waals surface area contributed by atoms with Crippen molar-refractivity contribution in [1.29, 1.82) is 0 Å². The number of rotatable bonds is 14. The average molecular weight is 843 g/mol. The molecule has 0 fully saturated rings. The van der Waals surface area contributed by atoms with E-state index in [0.29, 0.717) is 22.6 Å². The van der Waals surface area contributed by atoms with Crippen LogP contribution in [0.2, 0.25) is 0 Å². The van der Waals surface area contributed by atoms with Crippen LogP contribution in [0.1, 0.15) is 47.3 Å². The van der Waals surface area contributed by atoms with Gasteiger partial charge in [0.05, 0.1) is 66.0 Å². The summed E-state index contributed by atoms with van der Waals surface area (Å²) in [6.45, 7) is 0. The van der Waals surface area contributed by atoms with E-state index in [-0.39, 0.29) is 57.6 Å². The molecule has 4 aromatic carbocycles. The molecule has 0 unspecified atom stereocenters. The van der Waals surface area contributed by atoms with Crippen LogP contribution in [0.5, 0.6) is 28.7 Å². The number of carbonyl (C=O) groups is 5. The van der Waals surface area contributed by atoms with Gasteiger partial charge in [0.25, 0.3) is 17.7 Å². The van der Waals surface area contributed by atoms with Gasteiger partial charge in [0.1, 0.15) is 28.9 Å². The van der Waals surface area contributed by atoms with Gasteiger partial charge in [-0.3, -0.25) is 19.2 Å².